The molecule has 15 heavy (non-hydrogen) atoms. The van der Waals surface area contributed by atoms with Gasteiger partial charge in [0.2, 0.25) is 0 Å². The maximum Gasteiger partial charge on any atom is 0.335 e. The molecule has 1 aromatic rings. The minimum atomic E-state index is -1.17. The molecule has 1 N–H and O–H groups in total. The minimum Gasteiger partial charge on any atom is -0.478 e. The fourth-order valence-electron chi connectivity index (χ4n) is 0.997. The van der Waals surface area contributed by atoms with Crippen LogP contribution in [-0.2, 0) is 0 Å². The number of carbonyl (C=O) groups is 1. The van der Waals surface area contributed by atoms with Gasteiger partial charge >= 0.3 is 5.97 Å². The molecule has 78 valence electrons. The van der Waals surface area contributed by atoms with Gasteiger partial charge in [0, 0.05) is 17.9 Å². The van der Waals surface area contributed by atoms with Gasteiger partial charge in [0.05, 0.1) is 5.56 Å². The number of benzene rings is 1. The maximum atomic E-state index is 12.9. The number of rotatable bonds is 2. The van der Waals surface area contributed by atoms with Crippen LogP contribution < -0.4 is 0 Å². The lowest BCUT2D eigenvalue weighted by atomic mass is 10.1. The van der Waals surface area contributed by atoms with Crippen molar-refractivity contribution in [3.63, 3.8) is 0 Å². The summed E-state index contributed by atoms with van der Waals surface area (Å²) < 4.78 is 12.9. The van der Waals surface area contributed by atoms with E-state index in [1.165, 1.54) is 12.1 Å². The van der Waals surface area contributed by atoms with Crippen LogP contribution in [0.5, 0.6) is 0 Å². The summed E-state index contributed by atoms with van der Waals surface area (Å²) in [6.07, 6.45) is 0.487. The molecular formula is C11H8ClFO2. The topological polar surface area (TPSA) is 37.3 Å². The molecule has 2 nitrogen and oxygen atoms in total. The van der Waals surface area contributed by atoms with E-state index < -0.39 is 11.8 Å². The quantitative estimate of drug-likeness (QED) is 0.622. The molecule has 0 radical (unpaired) electrons. The van der Waals surface area contributed by atoms with Crippen LogP contribution >= 0.6 is 11.6 Å². The number of hydrogen-bond donors (Lipinski definition) is 1. The van der Waals surface area contributed by atoms with E-state index in [0.717, 1.165) is 6.07 Å². The number of aromatic carboxylic acids is 1. The third-order valence-electron chi connectivity index (χ3n) is 1.60. The molecule has 0 aliphatic carbocycles. The van der Waals surface area contributed by atoms with Crippen LogP contribution in [0.15, 0.2) is 18.2 Å². The van der Waals surface area contributed by atoms with Crippen molar-refractivity contribution in [2.24, 2.45) is 0 Å². The Kier molecular flexibility index (Phi) is 4.14. The summed E-state index contributed by atoms with van der Waals surface area (Å²) in [4.78, 5) is 10.6. The number of alkyl halides is 1. The van der Waals surface area contributed by atoms with E-state index in [9.17, 15) is 9.18 Å². The zero-order valence-electron chi connectivity index (χ0n) is 7.76. The molecule has 0 saturated carbocycles. The van der Waals surface area contributed by atoms with Gasteiger partial charge in [-0.1, -0.05) is 11.8 Å². The molecule has 1 aromatic carbocycles. The molecule has 0 atom stereocenters. The molecule has 1 rings (SSSR count). The Morgan fingerprint density at radius 3 is 2.80 bits per heavy atom. The number of carboxylic acids is 1. The van der Waals surface area contributed by atoms with Crippen molar-refractivity contribution in [2.45, 2.75) is 6.42 Å². The predicted molar refractivity (Wildman–Crippen MR) is 55.6 cm³/mol. The van der Waals surface area contributed by atoms with Crippen molar-refractivity contribution < 1.29 is 14.3 Å². The van der Waals surface area contributed by atoms with Crippen molar-refractivity contribution in [3.8, 4) is 11.8 Å². The first kappa shape index (κ1) is 11.5. The Hall–Kier alpha value is -1.53. The molecule has 4 heteroatoms. The Labute approximate surface area is 91.7 Å². The summed E-state index contributed by atoms with van der Waals surface area (Å²) in [6, 6.07) is 3.47. The fourth-order valence-corrected chi connectivity index (χ4v) is 1.09. The van der Waals surface area contributed by atoms with Crippen LogP contribution in [0.3, 0.4) is 0 Å². The van der Waals surface area contributed by atoms with E-state index in [1.807, 2.05) is 0 Å². The number of hydrogen-bond acceptors (Lipinski definition) is 1. The molecule has 0 aliphatic rings. The van der Waals surface area contributed by atoms with Crippen LogP contribution in [0, 0.1) is 17.7 Å². The van der Waals surface area contributed by atoms with Crippen LogP contribution in [-0.4, -0.2) is 17.0 Å². The SMILES string of the molecule is O=C(O)c1cc(F)cc(C#CCCCl)c1. The van der Waals surface area contributed by atoms with Crippen LogP contribution in [0.25, 0.3) is 0 Å². The van der Waals surface area contributed by atoms with Crippen molar-refractivity contribution in [3.05, 3.63) is 35.1 Å². The summed E-state index contributed by atoms with van der Waals surface area (Å²) in [5.74, 6) is 3.97. The second kappa shape index (κ2) is 5.38. The highest BCUT2D eigenvalue weighted by Gasteiger charge is 2.05. The third-order valence-corrected chi connectivity index (χ3v) is 1.79. The van der Waals surface area contributed by atoms with Crippen LogP contribution in [0.1, 0.15) is 22.3 Å². The van der Waals surface area contributed by atoms with Gasteiger partial charge in [-0.3, -0.25) is 0 Å². The highest BCUT2D eigenvalue weighted by molar-refractivity contribution is 6.18. The predicted octanol–water partition coefficient (Wildman–Crippen LogP) is 2.50. The molecule has 0 aromatic heterocycles. The Morgan fingerprint density at radius 2 is 2.20 bits per heavy atom. The van der Waals surface area contributed by atoms with Gasteiger partial charge in [-0.15, -0.1) is 11.6 Å². The van der Waals surface area contributed by atoms with Crippen LogP contribution in [0.2, 0.25) is 0 Å². The molecule has 0 fully saturated rings. The summed E-state index contributed by atoms with van der Waals surface area (Å²) in [5.41, 5.74) is 0.239. The molecule has 0 saturated heterocycles. The fraction of sp³-hybridized carbons (Fsp3) is 0.182. The zero-order valence-corrected chi connectivity index (χ0v) is 8.51. The Balaban J connectivity index is 3.00. The normalized spacial score (nSPS) is 9.20. The van der Waals surface area contributed by atoms with Crippen molar-refractivity contribution in [1.29, 1.82) is 0 Å². The molecule has 0 aliphatic heterocycles. The average molecular weight is 227 g/mol. The van der Waals surface area contributed by atoms with E-state index in [2.05, 4.69) is 11.8 Å². The monoisotopic (exact) mass is 226 g/mol. The van der Waals surface area contributed by atoms with E-state index >= 15 is 0 Å². The molecule has 0 unspecified atom stereocenters. The smallest absolute Gasteiger partial charge is 0.335 e. The van der Waals surface area contributed by atoms with E-state index in [0.29, 0.717) is 17.9 Å². The summed E-state index contributed by atoms with van der Waals surface area (Å²) >= 11 is 5.41. The zero-order chi connectivity index (χ0) is 11.3. The third kappa shape index (κ3) is 3.61. The molecule has 0 spiro atoms. The van der Waals surface area contributed by atoms with Crippen molar-refractivity contribution in [2.75, 3.05) is 5.88 Å². The number of halogens is 2. The molecule has 0 heterocycles. The highest BCUT2D eigenvalue weighted by Crippen LogP contribution is 2.08. The van der Waals surface area contributed by atoms with Crippen molar-refractivity contribution >= 4 is 17.6 Å². The molecular weight excluding hydrogens is 219 g/mol. The first-order chi connectivity index (χ1) is 7.13. The maximum absolute atomic E-state index is 12.9. The average Bonchev–Trinajstić information content (AvgIpc) is 2.17. The first-order valence-corrected chi connectivity index (χ1v) is 4.75. The standard InChI is InChI=1S/C11H8ClFO2/c12-4-2-1-3-8-5-9(11(14)15)7-10(13)6-8/h5-7H,2,4H2,(H,14,15). The minimum absolute atomic E-state index is 0.106. The number of carboxylic acid groups (broad SMARTS) is 1. The summed E-state index contributed by atoms with van der Waals surface area (Å²) in [7, 11) is 0. The van der Waals surface area contributed by atoms with Gasteiger partial charge in [-0.25, -0.2) is 9.18 Å². The van der Waals surface area contributed by atoms with Crippen LogP contribution in [0.4, 0.5) is 4.39 Å². The van der Waals surface area contributed by atoms with Crippen molar-refractivity contribution in [1.82, 2.24) is 0 Å². The van der Waals surface area contributed by atoms with E-state index in [-0.39, 0.29) is 5.56 Å². The van der Waals surface area contributed by atoms with E-state index in [1.54, 1.807) is 0 Å². The first-order valence-electron chi connectivity index (χ1n) is 4.22. The van der Waals surface area contributed by atoms with Gasteiger partial charge in [-0.05, 0) is 18.2 Å². The summed E-state index contributed by atoms with van der Waals surface area (Å²) in [5, 5.41) is 8.67. The largest absolute Gasteiger partial charge is 0.478 e. The Morgan fingerprint density at radius 1 is 1.47 bits per heavy atom. The Bertz CT molecular complexity index is 432. The second-order valence-electron chi connectivity index (χ2n) is 2.77. The lowest BCUT2D eigenvalue weighted by Gasteiger charge is -1.96. The van der Waals surface area contributed by atoms with Gasteiger partial charge in [0.25, 0.3) is 0 Å². The lowest BCUT2D eigenvalue weighted by molar-refractivity contribution is 0.0696. The van der Waals surface area contributed by atoms with Gasteiger partial charge < -0.3 is 5.11 Å². The van der Waals surface area contributed by atoms with Gasteiger partial charge in [0.1, 0.15) is 5.82 Å². The highest BCUT2D eigenvalue weighted by atomic mass is 35.5. The summed E-state index contributed by atoms with van der Waals surface area (Å²) in [6.45, 7) is 0. The second-order valence-corrected chi connectivity index (χ2v) is 3.15. The molecule has 0 bridgehead atoms. The van der Waals surface area contributed by atoms with Gasteiger partial charge in [-0.2, -0.15) is 0 Å². The molecule has 0 amide bonds. The lowest BCUT2D eigenvalue weighted by Crippen LogP contribution is -1.97. The van der Waals surface area contributed by atoms with E-state index in [4.69, 9.17) is 16.7 Å². The van der Waals surface area contributed by atoms with Gasteiger partial charge in [0.15, 0.2) is 0 Å².